The van der Waals surface area contributed by atoms with Gasteiger partial charge in [0.15, 0.2) is 0 Å². The van der Waals surface area contributed by atoms with E-state index in [2.05, 4.69) is 4.72 Å². The molecule has 0 bridgehead atoms. The van der Waals surface area contributed by atoms with Crippen LogP contribution in [-0.2, 0) is 19.5 Å². The highest BCUT2D eigenvalue weighted by Gasteiger charge is 2.20. The van der Waals surface area contributed by atoms with E-state index in [1.165, 1.54) is 6.07 Å². The number of benzene rings is 1. The highest BCUT2D eigenvalue weighted by Crippen LogP contribution is 2.17. The van der Waals surface area contributed by atoms with Crippen LogP contribution in [0.5, 0.6) is 0 Å². The Kier molecular flexibility index (Phi) is 4.41. The highest BCUT2D eigenvalue weighted by molar-refractivity contribution is 7.89. The molecular weight excluding hydrogens is 268 g/mol. The molecule has 2 rings (SSSR count). The summed E-state index contributed by atoms with van der Waals surface area (Å²) in [5, 5.41) is 0. The molecule has 6 nitrogen and oxygen atoms in total. The van der Waals surface area contributed by atoms with Gasteiger partial charge in [0.2, 0.25) is 10.0 Å². The second-order valence-corrected chi connectivity index (χ2v) is 6.18. The molecule has 1 aliphatic heterocycles. The molecule has 19 heavy (non-hydrogen) atoms. The molecule has 3 N–H and O–H groups in total. The molecule has 1 aromatic carbocycles. The van der Waals surface area contributed by atoms with Gasteiger partial charge in [0.25, 0.3) is 0 Å². The first kappa shape index (κ1) is 14.3. The average Bonchev–Trinajstić information content (AvgIpc) is 2.37. The van der Waals surface area contributed by atoms with E-state index >= 15 is 0 Å². The summed E-state index contributed by atoms with van der Waals surface area (Å²) >= 11 is 0. The lowest BCUT2D eigenvalue weighted by atomic mass is 10.2. The number of nitrogen functional groups attached to an aromatic ring is 1. The maximum absolute atomic E-state index is 12.2. The molecule has 0 aromatic heterocycles. The monoisotopic (exact) mass is 286 g/mol. The van der Waals surface area contributed by atoms with Crippen LogP contribution in [0.25, 0.3) is 0 Å². The Morgan fingerprint density at radius 3 is 2.84 bits per heavy atom. The van der Waals surface area contributed by atoms with Crippen molar-refractivity contribution < 1.29 is 17.9 Å². The molecule has 1 heterocycles. The first-order valence-electron chi connectivity index (χ1n) is 6.04. The summed E-state index contributed by atoms with van der Waals surface area (Å²) < 4.78 is 37.5. The smallest absolute Gasteiger partial charge is 0.240 e. The van der Waals surface area contributed by atoms with Gasteiger partial charge in [0.05, 0.1) is 30.8 Å². The largest absolute Gasteiger partial charge is 0.399 e. The van der Waals surface area contributed by atoms with Crippen LogP contribution in [-0.4, -0.2) is 40.9 Å². The minimum absolute atomic E-state index is 0.201. The molecule has 1 saturated heterocycles. The third kappa shape index (κ3) is 3.66. The predicted octanol–water partition coefficient (Wildman–Crippen LogP) is 0.271. The predicted molar refractivity (Wildman–Crippen MR) is 71.3 cm³/mol. The molecule has 0 saturated carbocycles. The van der Waals surface area contributed by atoms with Gasteiger partial charge in [0, 0.05) is 12.2 Å². The molecule has 1 aliphatic rings. The summed E-state index contributed by atoms with van der Waals surface area (Å²) in [4.78, 5) is 0.235. The highest BCUT2D eigenvalue weighted by atomic mass is 32.2. The quantitative estimate of drug-likeness (QED) is 0.775. The minimum Gasteiger partial charge on any atom is -0.399 e. The number of nitrogens with two attached hydrogens (primary N) is 1. The van der Waals surface area contributed by atoms with Crippen LogP contribution in [0.3, 0.4) is 0 Å². The zero-order chi connectivity index (χ0) is 13.9. The Hall–Kier alpha value is -1.15. The summed E-state index contributed by atoms with van der Waals surface area (Å²) in [6.45, 7) is 3.37. The summed E-state index contributed by atoms with van der Waals surface area (Å²) in [5.74, 6) is 0. The third-order valence-corrected chi connectivity index (χ3v) is 4.46. The SMILES string of the molecule is Cc1cc(N)ccc1S(=O)(=O)NCC1COCCO1. The number of hydrogen-bond acceptors (Lipinski definition) is 5. The van der Waals surface area contributed by atoms with Crippen LogP contribution in [0.15, 0.2) is 23.1 Å². The fourth-order valence-corrected chi connectivity index (χ4v) is 3.20. The lowest BCUT2D eigenvalue weighted by Crippen LogP contribution is -2.39. The summed E-state index contributed by atoms with van der Waals surface area (Å²) in [6, 6.07) is 4.71. The Morgan fingerprint density at radius 1 is 1.42 bits per heavy atom. The summed E-state index contributed by atoms with van der Waals surface area (Å²) in [6.07, 6.45) is -0.238. The van der Waals surface area contributed by atoms with Crippen molar-refractivity contribution in [2.24, 2.45) is 0 Å². The lowest BCUT2D eigenvalue weighted by Gasteiger charge is -2.23. The third-order valence-electron chi connectivity index (χ3n) is 2.87. The Labute approximate surface area is 112 Å². The zero-order valence-corrected chi connectivity index (χ0v) is 11.6. The molecule has 1 atom stereocenters. The second-order valence-electron chi connectivity index (χ2n) is 4.44. The standard InChI is InChI=1S/C12H18N2O4S/c1-9-6-10(13)2-3-12(9)19(15,16)14-7-11-8-17-4-5-18-11/h2-3,6,11,14H,4-5,7-8,13H2,1H3. The number of rotatable bonds is 4. The summed E-state index contributed by atoms with van der Waals surface area (Å²) in [7, 11) is -3.55. The molecule has 7 heteroatoms. The second kappa shape index (κ2) is 5.87. The number of nitrogens with one attached hydrogen (secondary N) is 1. The van der Waals surface area contributed by atoms with Crippen LogP contribution in [0, 0.1) is 6.92 Å². The minimum atomic E-state index is -3.55. The first-order valence-corrected chi connectivity index (χ1v) is 7.52. The van der Waals surface area contributed by atoms with Crippen molar-refractivity contribution in [2.45, 2.75) is 17.9 Å². The number of anilines is 1. The molecule has 0 radical (unpaired) electrons. The number of hydrogen-bond donors (Lipinski definition) is 2. The van der Waals surface area contributed by atoms with Gasteiger partial charge in [-0.05, 0) is 30.7 Å². The van der Waals surface area contributed by atoms with Crippen molar-refractivity contribution in [3.8, 4) is 0 Å². The lowest BCUT2D eigenvalue weighted by molar-refractivity contribution is -0.0846. The van der Waals surface area contributed by atoms with Crippen LogP contribution in [0.1, 0.15) is 5.56 Å². The normalized spacial score (nSPS) is 20.4. The first-order chi connectivity index (χ1) is 8.99. The Bertz CT molecular complexity index is 539. The van der Waals surface area contributed by atoms with Gasteiger partial charge in [0.1, 0.15) is 0 Å². The molecule has 0 amide bonds. The topological polar surface area (TPSA) is 90.7 Å². The summed E-state index contributed by atoms with van der Waals surface area (Å²) in [5.41, 5.74) is 6.77. The van der Waals surface area contributed by atoms with E-state index in [4.69, 9.17) is 15.2 Å². The van der Waals surface area contributed by atoms with Crippen molar-refractivity contribution in [3.05, 3.63) is 23.8 Å². The molecule has 0 spiro atoms. The molecule has 1 unspecified atom stereocenters. The van der Waals surface area contributed by atoms with Crippen LogP contribution in [0.4, 0.5) is 5.69 Å². The van der Waals surface area contributed by atoms with Gasteiger partial charge in [-0.2, -0.15) is 0 Å². The maximum atomic E-state index is 12.2. The van der Waals surface area contributed by atoms with E-state index in [0.717, 1.165) is 0 Å². The Morgan fingerprint density at radius 2 is 2.21 bits per heavy atom. The van der Waals surface area contributed by atoms with Gasteiger partial charge < -0.3 is 15.2 Å². The fourth-order valence-electron chi connectivity index (χ4n) is 1.91. The van der Waals surface area contributed by atoms with Gasteiger partial charge in [-0.3, -0.25) is 0 Å². The van der Waals surface area contributed by atoms with E-state index in [1.807, 2.05) is 0 Å². The molecule has 1 aromatic rings. The molecule has 106 valence electrons. The molecule has 0 aliphatic carbocycles. The molecular formula is C12H18N2O4S. The van der Waals surface area contributed by atoms with Crippen LogP contribution < -0.4 is 10.5 Å². The van der Waals surface area contributed by atoms with Crippen molar-refractivity contribution in [1.29, 1.82) is 0 Å². The van der Waals surface area contributed by atoms with Crippen LogP contribution in [0.2, 0.25) is 0 Å². The van der Waals surface area contributed by atoms with Crippen molar-refractivity contribution in [1.82, 2.24) is 4.72 Å². The van der Waals surface area contributed by atoms with Gasteiger partial charge in [-0.15, -0.1) is 0 Å². The Balaban J connectivity index is 2.05. The van der Waals surface area contributed by atoms with E-state index in [-0.39, 0.29) is 17.5 Å². The molecule has 1 fully saturated rings. The van der Waals surface area contributed by atoms with Gasteiger partial charge >= 0.3 is 0 Å². The van der Waals surface area contributed by atoms with Crippen LogP contribution >= 0.6 is 0 Å². The number of ether oxygens (including phenoxy) is 2. The van der Waals surface area contributed by atoms with E-state index < -0.39 is 10.0 Å². The van der Waals surface area contributed by atoms with E-state index in [0.29, 0.717) is 31.1 Å². The number of aryl methyl sites for hydroxylation is 1. The number of sulfonamides is 1. The zero-order valence-electron chi connectivity index (χ0n) is 10.8. The fraction of sp³-hybridized carbons (Fsp3) is 0.500. The van der Waals surface area contributed by atoms with Gasteiger partial charge in [-0.25, -0.2) is 13.1 Å². The average molecular weight is 286 g/mol. The maximum Gasteiger partial charge on any atom is 0.240 e. The van der Waals surface area contributed by atoms with Crippen molar-refractivity contribution in [2.75, 3.05) is 32.1 Å². The van der Waals surface area contributed by atoms with E-state index in [1.54, 1.807) is 19.1 Å². The van der Waals surface area contributed by atoms with Crippen molar-refractivity contribution >= 4 is 15.7 Å². The van der Waals surface area contributed by atoms with Crippen molar-refractivity contribution in [3.63, 3.8) is 0 Å². The van der Waals surface area contributed by atoms with Gasteiger partial charge in [-0.1, -0.05) is 0 Å². The van der Waals surface area contributed by atoms with E-state index in [9.17, 15) is 8.42 Å².